The Morgan fingerprint density at radius 1 is 0.957 bits per heavy atom. The minimum Gasteiger partial charge on any atom is -0.267 e. The van der Waals surface area contributed by atoms with Gasteiger partial charge in [-0.05, 0) is 36.1 Å². The van der Waals surface area contributed by atoms with E-state index in [1.165, 1.54) is 19.3 Å². The highest BCUT2D eigenvalue weighted by molar-refractivity contribution is 5.94. The molecule has 0 bridgehead atoms. The SMILES string of the molecule is CCCCCCC=NNC(=O)c1ccc(-c2ccccc2)cc1. The third-order valence-electron chi connectivity index (χ3n) is 3.70. The highest BCUT2D eigenvalue weighted by Crippen LogP contribution is 2.19. The summed E-state index contributed by atoms with van der Waals surface area (Å²) >= 11 is 0. The predicted molar refractivity (Wildman–Crippen MR) is 96.6 cm³/mol. The number of hydrogen-bond donors (Lipinski definition) is 1. The van der Waals surface area contributed by atoms with Crippen LogP contribution < -0.4 is 5.43 Å². The molecule has 0 aromatic heterocycles. The second-order valence-corrected chi connectivity index (χ2v) is 5.55. The lowest BCUT2D eigenvalue weighted by molar-refractivity contribution is 0.0955. The zero-order chi connectivity index (χ0) is 16.3. The van der Waals surface area contributed by atoms with Crippen molar-refractivity contribution in [2.45, 2.75) is 39.0 Å². The second-order valence-electron chi connectivity index (χ2n) is 5.55. The van der Waals surface area contributed by atoms with E-state index in [-0.39, 0.29) is 5.91 Å². The predicted octanol–water partition coefficient (Wildman–Crippen LogP) is 5.04. The topological polar surface area (TPSA) is 41.5 Å². The van der Waals surface area contributed by atoms with Crippen LogP contribution in [0.5, 0.6) is 0 Å². The first-order valence-corrected chi connectivity index (χ1v) is 8.28. The van der Waals surface area contributed by atoms with E-state index in [4.69, 9.17) is 0 Å². The maximum atomic E-state index is 12.0. The highest BCUT2D eigenvalue weighted by atomic mass is 16.2. The smallest absolute Gasteiger partial charge is 0.267 e. The minimum absolute atomic E-state index is 0.172. The lowest BCUT2D eigenvalue weighted by Crippen LogP contribution is -2.17. The monoisotopic (exact) mass is 308 g/mol. The first-order chi connectivity index (χ1) is 11.3. The number of carbonyl (C=O) groups excluding carboxylic acids is 1. The molecule has 0 fully saturated rings. The van der Waals surface area contributed by atoms with E-state index in [1.807, 2.05) is 42.5 Å². The van der Waals surface area contributed by atoms with Crippen LogP contribution in [0.1, 0.15) is 49.4 Å². The van der Waals surface area contributed by atoms with Gasteiger partial charge in [0.15, 0.2) is 0 Å². The Balaban J connectivity index is 1.82. The standard InChI is InChI=1S/C20H24N2O/c1-2-3-4-5-9-16-21-22-20(23)19-14-12-18(13-15-19)17-10-7-6-8-11-17/h6-8,10-16H,2-5,9H2,1H3,(H,22,23). The number of benzene rings is 2. The number of amides is 1. The van der Waals surface area contributed by atoms with Crippen molar-refractivity contribution < 1.29 is 4.79 Å². The molecule has 2 rings (SSSR count). The highest BCUT2D eigenvalue weighted by Gasteiger charge is 2.04. The van der Waals surface area contributed by atoms with E-state index in [9.17, 15) is 4.79 Å². The van der Waals surface area contributed by atoms with Gasteiger partial charge in [0.1, 0.15) is 0 Å². The fourth-order valence-corrected chi connectivity index (χ4v) is 2.34. The van der Waals surface area contributed by atoms with Crippen LogP contribution in [0.25, 0.3) is 11.1 Å². The van der Waals surface area contributed by atoms with Crippen molar-refractivity contribution in [1.29, 1.82) is 0 Å². The molecule has 2 aromatic carbocycles. The van der Waals surface area contributed by atoms with Gasteiger partial charge in [-0.3, -0.25) is 4.79 Å². The molecule has 0 atom stereocenters. The molecule has 0 saturated carbocycles. The number of carbonyl (C=O) groups is 1. The molecule has 120 valence electrons. The molecule has 3 nitrogen and oxygen atoms in total. The molecule has 0 radical (unpaired) electrons. The van der Waals surface area contributed by atoms with Crippen LogP contribution in [0.15, 0.2) is 59.7 Å². The number of unbranched alkanes of at least 4 members (excludes halogenated alkanes) is 4. The van der Waals surface area contributed by atoms with E-state index >= 15 is 0 Å². The molecule has 0 saturated heterocycles. The van der Waals surface area contributed by atoms with Crippen LogP contribution in [0.4, 0.5) is 0 Å². The van der Waals surface area contributed by atoms with Gasteiger partial charge in [0.2, 0.25) is 0 Å². The molecule has 0 heterocycles. The molecule has 1 amide bonds. The maximum absolute atomic E-state index is 12.0. The summed E-state index contributed by atoms with van der Waals surface area (Å²) in [5.74, 6) is -0.172. The van der Waals surface area contributed by atoms with Gasteiger partial charge in [-0.1, -0.05) is 68.7 Å². The molecule has 0 aliphatic carbocycles. The van der Waals surface area contributed by atoms with E-state index in [1.54, 1.807) is 6.21 Å². The fourth-order valence-electron chi connectivity index (χ4n) is 2.34. The van der Waals surface area contributed by atoms with Crippen LogP contribution in [-0.4, -0.2) is 12.1 Å². The normalized spacial score (nSPS) is 10.8. The third-order valence-corrected chi connectivity index (χ3v) is 3.70. The summed E-state index contributed by atoms with van der Waals surface area (Å²) < 4.78 is 0. The molecule has 0 aliphatic rings. The Labute approximate surface area is 138 Å². The van der Waals surface area contributed by atoms with Gasteiger partial charge < -0.3 is 0 Å². The lowest BCUT2D eigenvalue weighted by atomic mass is 10.0. The summed E-state index contributed by atoms with van der Waals surface area (Å²) in [7, 11) is 0. The van der Waals surface area contributed by atoms with Gasteiger partial charge in [0.05, 0.1) is 0 Å². The zero-order valence-electron chi connectivity index (χ0n) is 13.7. The molecular weight excluding hydrogens is 284 g/mol. The minimum atomic E-state index is -0.172. The van der Waals surface area contributed by atoms with Crippen molar-refractivity contribution in [3.05, 3.63) is 60.2 Å². The molecule has 0 aliphatic heterocycles. The Bertz CT molecular complexity index is 618. The molecule has 23 heavy (non-hydrogen) atoms. The first-order valence-electron chi connectivity index (χ1n) is 8.28. The summed E-state index contributed by atoms with van der Waals surface area (Å²) in [4.78, 5) is 12.0. The van der Waals surface area contributed by atoms with Crippen LogP contribution in [0.3, 0.4) is 0 Å². The number of rotatable bonds is 8. The van der Waals surface area contributed by atoms with Crippen LogP contribution in [-0.2, 0) is 0 Å². The van der Waals surface area contributed by atoms with Crippen molar-refractivity contribution in [3.63, 3.8) is 0 Å². The summed E-state index contributed by atoms with van der Waals surface area (Å²) in [6.45, 7) is 2.19. The molecule has 0 spiro atoms. The average Bonchev–Trinajstić information content (AvgIpc) is 2.61. The third kappa shape index (κ3) is 5.70. The quantitative estimate of drug-likeness (QED) is 0.414. The zero-order valence-corrected chi connectivity index (χ0v) is 13.7. The van der Waals surface area contributed by atoms with Gasteiger partial charge in [0, 0.05) is 11.8 Å². The van der Waals surface area contributed by atoms with E-state index < -0.39 is 0 Å². The Morgan fingerprint density at radius 3 is 2.35 bits per heavy atom. The van der Waals surface area contributed by atoms with Crippen molar-refractivity contribution in [2.24, 2.45) is 5.10 Å². The Hall–Kier alpha value is -2.42. The second kappa shape index (κ2) is 9.57. The largest absolute Gasteiger partial charge is 0.271 e. The molecular formula is C20H24N2O. The molecule has 0 unspecified atom stereocenters. The van der Waals surface area contributed by atoms with Gasteiger partial charge in [-0.2, -0.15) is 5.10 Å². The maximum Gasteiger partial charge on any atom is 0.271 e. The van der Waals surface area contributed by atoms with Crippen molar-refractivity contribution in [1.82, 2.24) is 5.43 Å². The summed E-state index contributed by atoms with van der Waals surface area (Å²) in [6.07, 6.45) is 7.52. The number of hydrazone groups is 1. The van der Waals surface area contributed by atoms with Crippen molar-refractivity contribution in [3.8, 4) is 11.1 Å². The van der Waals surface area contributed by atoms with Crippen molar-refractivity contribution in [2.75, 3.05) is 0 Å². The molecule has 3 heteroatoms. The average molecular weight is 308 g/mol. The Morgan fingerprint density at radius 2 is 1.65 bits per heavy atom. The molecule has 1 N–H and O–H groups in total. The van der Waals surface area contributed by atoms with E-state index in [0.717, 1.165) is 24.0 Å². The van der Waals surface area contributed by atoms with E-state index in [2.05, 4.69) is 29.6 Å². The summed E-state index contributed by atoms with van der Waals surface area (Å²) in [5, 5.41) is 4.00. The fraction of sp³-hybridized carbons (Fsp3) is 0.300. The Kier molecular flexibility index (Phi) is 7.05. The summed E-state index contributed by atoms with van der Waals surface area (Å²) in [5.41, 5.74) is 5.44. The van der Waals surface area contributed by atoms with Crippen LogP contribution in [0.2, 0.25) is 0 Å². The first kappa shape index (κ1) is 16.9. The van der Waals surface area contributed by atoms with Gasteiger partial charge in [-0.25, -0.2) is 5.43 Å². The molecule has 2 aromatic rings. The number of nitrogens with one attached hydrogen (secondary N) is 1. The number of nitrogens with zero attached hydrogens (tertiary/aromatic N) is 1. The summed E-state index contributed by atoms with van der Waals surface area (Å²) in [6, 6.07) is 17.7. The lowest BCUT2D eigenvalue weighted by Gasteiger charge is -2.03. The van der Waals surface area contributed by atoms with Crippen LogP contribution in [0, 0.1) is 0 Å². The van der Waals surface area contributed by atoms with E-state index in [0.29, 0.717) is 5.56 Å². The van der Waals surface area contributed by atoms with Crippen LogP contribution >= 0.6 is 0 Å². The number of hydrogen-bond acceptors (Lipinski definition) is 2. The van der Waals surface area contributed by atoms with Gasteiger partial charge in [0.25, 0.3) is 5.91 Å². The van der Waals surface area contributed by atoms with Crippen molar-refractivity contribution >= 4 is 12.1 Å². The van der Waals surface area contributed by atoms with Gasteiger partial charge in [-0.15, -0.1) is 0 Å². The van der Waals surface area contributed by atoms with Gasteiger partial charge >= 0.3 is 0 Å².